The molecule has 1 fully saturated rings. The van der Waals surface area contributed by atoms with E-state index in [9.17, 15) is 4.79 Å². The van der Waals surface area contributed by atoms with Crippen molar-refractivity contribution in [1.29, 1.82) is 0 Å². The Balaban J connectivity index is 1.50. The monoisotopic (exact) mass is 418 g/mol. The van der Waals surface area contributed by atoms with Gasteiger partial charge in [0, 0.05) is 49.2 Å². The molecule has 0 saturated carbocycles. The average Bonchev–Trinajstić information content (AvgIpc) is 3.07. The number of morpholine rings is 1. The maximum atomic E-state index is 13.1. The molecule has 1 saturated heterocycles. The van der Waals surface area contributed by atoms with Crippen molar-refractivity contribution >= 4 is 11.6 Å². The third kappa shape index (κ3) is 4.35. The van der Waals surface area contributed by atoms with Gasteiger partial charge in [0.1, 0.15) is 0 Å². The Morgan fingerprint density at radius 3 is 2.39 bits per heavy atom. The Hall–Kier alpha value is -3.12. The first-order valence-corrected chi connectivity index (χ1v) is 10.7. The first-order chi connectivity index (χ1) is 15.0. The van der Waals surface area contributed by atoms with E-state index >= 15 is 0 Å². The summed E-state index contributed by atoms with van der Waals surface area (Å²) >= 11 is 0. The van der Waals surface area contributed by atoms with Gasteiger partial charge in [-0.05, 0) is 56.7 Å². The van der Waals surface area contributed by atoms with E-state index in [1.807, 2.05) is 55.1 Å². The van der Waals surface area contributed by atoms with Crippen LogP contribution in [0.15, 0.2) is 48.5 Å². The number of amides is 1. The summed E-state index contributed by atoms with van der Waals surface area (Å²) in [4.78, 5) is 17.1. The van der Waals surface area contributed by atoms with Crippen LogP contribution >= 0.6 is 0 Å². The molecule has 0 atom stereocenters. The van der Waals surface area contributed by atoms with Crippen LogP contribution in [-0.4, -0.2) is 53.9 Å². The predicted octanol–water partition coefficient (Wildman–Crippen LogP) is 3.91. The first kappa shape index (κ1) is 21.1. The van der Waals surface area contributed by atoms with E-state index in [4.69, 9.17) is 9.84 Å². The molecule has 0 radical (unpaired) electrons. The summed E-state index contributed by atoms with van der Waals surface area (Å²) in [6.45, 7) is 9.95. The maximum absolute atomic E-state index is 13.1. The summed E-state index contributed by atoms with van der Waals surface area (Å²) in [5, 5.41) is 4.75. The average molecular weight is 419 g/mol. The second-order valence-corrected chi connectivity index (χ2v) is 8.16. The molecule has 162 valence electrons. The Labute approximate surface area is 184 Å². The third-order valence-electron chi connectivity index (χ3n) is 6.02. The number of carbonyl (C=O) groups excluding carboxylic acids is 1. The van der Waals surface area contributed by atoms with Gasteiger partial charge in [0.15, 0.2) is 0 Å². The van der Waals surface area contributed by atoms with E-state index in [1.54, 1.807) is 4.90 Å². The van der Waals surface area contributed by atoms with Gasteiger partial charge in [0.05, 0.1) is 24.6 Å². The van der Waals surface area contributed by atoms with E-state index in [0.29, 0.717) is 12.1 Å². The highest BCUT2D eigenvalue weighted by atomic mass is 16.5. The standard InChI is InChI=1S/C25H30N4O2/c1-18-7-5-6-8-24(18)29-20(3)23(19(2)26-29)17-27(4)25(30)21-9-11-22(12-10-21)28-13-15-31-16-14-28/h5-12H,13-17H2,1-4H3. The summed E-state index contributed by atoms with van der Waals surface area (Å²) in [7, 11) is 1.85. The number of aromatic nitrogens is 2. The zero-order chi connectivity index (χ0) is 22.0. The Bertz CT molecular complexity index is 1070. The molecule has 31 heavy (non-hydrogen) atoms. The van der Waals surface area contributed by atoms with Crippen LogP contribution in [-0.2, 0) is 11.3 Å². The minimum absolute atomic E-state index is 0.0102. The highest BCUT2D eigenvalue weighted by Crippen LogP contribution is 2.23. The topological polar surface area (TPSA) is 50.6 Å². The quantitative estimate of drug-likeness (QED) is 0.631. The van der Waals surface area contributed by atoms with Crippen LogP contribution in [0.3, 0.4) is 0 Å². The van der Waals surface area contributed by atoms with Crippen LogP contribution in [0.2, 0.25) is 0 Å². The van der Waals surface area contributed by atoms with Gasteiger partial charge in [-0.25, -0.2) is 4.68 Å². The van der Waals surface area contributed by atoms with Gasteiger partial charge in [-0.1, -0.05) is 18.2 Å². The number of anilines is 1. The molecule has 3 aromatic rings. The van der Waals surface area contributed by atoms with Crippen molar-refractivity contribution in [2.45, 2.75) is 27.3 Å². The largest absolute Gasteiger partial charge is 0.378 e. The fraction of sp³-hybridized carbons (Fsp3) is 0.360. The molecule has 1 aliphatic heterocycles. The molecule has 2 aromatic carbocycles. The van der Waals surface area contributed by atoms with E-state index in [0.717, 1.165) is 54.6 Å². The van der Waals surface area contributed by atoms with Gasteiger partial charge in [-0.3, -0.25) is 4.79 Å². The second-order valence-electron chi connectivity index (χ2n) is 8.16. The lowest BCUT2D eigenvalue weighted by Crippen LogP contribution is -2.36. The van der Waals surface area contributed by atoms with Crippen LogP contribution in [0.5, 0.6) is 0 Å². The fourth-order valence-corrected chi connectivity index (χ4v) is 4.11. The van der Waals surface area contributed by atoms with Gasteiger partial charge in [0.2, 0.25) is 0 Å². The number of hydrogen-bond donors (Lipinski definition) is 0. The van der Waals surface area contributed by atoms with E-state index in [1.165, 1.54) is 5.56 Å². The number of aryl methyl sites for hydroxylation is 2. The SMILES string of the molecule is Cc1ccccc1-n1nc(C)c(CN(C)C(=O)c2ccc(N3CCOCC3)cc2)c1C. The number of benzene rings is 2. The molecule has 0 spiro atoms. The van der Waals surface area contributed by atoms with E-state index < -0.39 is 0 Å². The molecule has 1 aliphatic rings. The van der Waals surface area contributed by atoms with Crippen LogP contribution < -0.4 is 4.90 Å². The minimum Gasteiger partial charge on any atom is -0.378 e. The van der Waals surface area contributed by atoms with E-state index in [2.05, 4.69) is 30.9 Å². The summed E-state index contributed by atoms with van der Waals surface area (Å²) in [6.07, 6.45) is 0. The van der Waals surface area contributed by atoms with Crippen molar-refractivity contribution in [3.63, 3.8) is 0 Å². The predicted molar refractivity (Wildman–Crippen MR) is 123 cm³/mol. The molecule has 0 aliphatic carbocycles. The summed E-state index contributed by atoms with van der Waals surface area (Å²) in [5.74, 6) is 0.0102. The smallest absolute Gasteiger partial charge is 0.253 e. The summed E-state index contributed by atoms with van der Waals surface area (Å²) < 4.78 is 7.40. The zero-order valence-electron chi connectivity index (χ0n) is 18.8. The van der Waals surface area contributed by atoms with Gasteiger partial charge in [-0.2, -0.15) is 5.10 Å². The van der Waals surface area contributed by atoms with Crippen molar-refractivity contribution in [1.82, 2.24) is 14.7 Å². The second kappa shape index (κ2) is 8.94. The molecular formula is C25H30N4O2. The highest BCUT2D eigenvalue weighted by molar-refractivity contribution is 5.94. The number of rotatable bonds is 5. The number of para-hydroxylation sites is 1. The Morgan fingerprint density at radius 1 is 1.03 bits per heavy atom. The molecule has 1 aromatic heterocycles. The van der Waals surface area contributed by atoms with Crippen molar-refractivity contribution in [2.24, 2.45) is 0 Å². The number of hydrogen-bond acceptors (Lipinski definition) is 4. The van der Waals surface area contributed by atoms with Crippen molar-refractivity contribution in [2.75, 3.05) is 38.3 Å². The van der Waals surface area contributed by atoms with E-state index in [-0.39, 0.29) is 5.91 Å². The van der Waals surface area contributed by atoms with Gasteiger partial charge in [0.25, 0.3) is 5.91 Å². The van der Waals surface area contributed by atoms with Crippen LogP contribution in [0, 0.1) is 20.8 Å². The van der Waals surface area contributed by atoms with Gasteiger partial charge in [-0.15, -0.1) is 0 Å². The Morgan fingerprint density at radius 2 is 1.71 bits per heavy atom. The van der Waals surface area contributed by atoms with Crippen molar-refractivity contribution < 1.29 is 9.53 Å². The summed E-state index contributed by atoms with van der Waals surface area (Å²) in [5.41, 5.74) is 7.17. The third-order valence-corrected chi connectivity index (χ3v) is 6.02. The Kier molecular flexibility index (Phi) is 6.09. The molecule has 0 bridgehead atoms. The highest BCUT2D eigenvalue weighted by Gasteiger charge is 2.19. The fourth-order valence-electron chi connectivity index (χ4n) is 4.11. The van der Waals surface area contributed by atoms with Gasteiger partial charge >= 0.3 is 0 Å². The molecule has 1 amide bonds. The minimum atomic E-state index is 0.0102. The molecule has 4 rings (SSSR count). The number of ether oxygens (including phenoxy) is 1. The number of carbonyl (C=O) groups is 1. The molecule has 6 nitrogen and oxygen atoms in total. The van der Waals surface area contributed by atoms with Crippen molar-refractivity contribution in [3.05, 3.63) is 76.6 Å². The van der Waals surface area contributed by atoms with Crippen molar-refractivity contribution in [3.8, 4) is 5.69 Å². The summed E-state index contributed by atoms with van der Waals surface area (Å²) in [6, 6.07) is 16.1. The molecule has 0 N–H and O–H groups in total. The normalized spacial score (nSPS) is 14.0. The van der Waals surface area contributed by atoms with Crippen LogP contribution in [0.4, 0.5) is 5.69 Å². The van der Waals surface area contributed by atoms with Crippen LogP contribution in [0.25, 0.3) is 5.69 Å². The lowest BCUT2D eigenvalue weighted by atomic mass is 10.1. The molecule has 6 heteroatoms. The molecule has 0 unspecified atom stereocenters. The molecular weight excluding hydrogens is 388 g/mol. The lowest BCUT2D eigenvalue weighted by Gasteiger charge is -2.29. The van der Waals surface area contributed by atoms with Gasteiger partial charge < -0.3 is 14.5 Å². The maximum Gasteiger partial charge on any atom is 0.253 e. The first-order valence-electron chi connectivity index (χ1n) is 10.7. The zero-order valence-corrected chi connectivity index (χ0v) is 18.8. The molecule has 2 heterocycles. The number of nitrogens with zero attached hydrogens (tertiary/aromatic N) is 4. The van der Waals surface area contributed by atoms with Crippen LogP contribution in [0.1, 0.15) is 32.9 Å². The lowest BCUT2D eigenvalue weighted by molar-refractivity contribution is 0.0784.